The quantitative estimate of drug-likeness (QED) is 0.834. The van der Waals surface area contributed by atoms with Gasteiger partial charge in [-0.2, -0.15) is 0 Å². The minimum Gasteiger partial charge on any atom is -0.379 e. The first kappa shape index (κ1) is 17.7. The summed E-state index contributed by atoms with van der Waals surface area (Å²) in [5.74, 6) is -0.138. The molecule has 3 rings (SSSR count). The van der Waals surface area contributed by atoms with E-state index >= 15 is 0 Å². The molecule has 0 spiro atoms. The van der Waals surface area contributed by atoms with Crippen molar-refractivity contribution in [3.8, 4) is 0 Å². The molecule has 2 heterocycles. The van der Waals surface area contributed by atoms with Crippen molar-refractivity contribution in [2.75, 3.05) is 32.8 Å². The van der Waals surface area contributed by atoms with Crippen molar-refractivity contribution in [2.45, 2.75) is 33.0 Å². The summed E-state index contributed by atoms with van der Waals surface area (Å²) < 4.78 is 8.59. The average molecular weight is 346 g/mol. The molecule has 1 aromatic carbocycles. The highest BCUT2D eigenvalue weighted by molar-refractivity contribution is 5.80. The molecule has 1 aliphatic heterocycles. The molecule has 136 valence electrons. The van der Waals surface area contributed by atoms with E-state index in [1.807, 2.05) is 31.2 Å². The molecule has 7 nitrogen and oxygen atoms in total. The van der Waals surface area contributed by atoms with E-state index < -0.39 is 0 Å². The zero-order chi connectivity index (χ0) is 17.8. The second kappa shape index (κ2) is 7.84. The Morgan fingerprint density at radius 1 is 1.20 bits per heavy atom. The Morgan fingerprint density at radius 2 is 1.84 bits per heavy atom. The highest BCUT2D eigenvalue weighted by atomic mass is 16.5. The Hall–Kier alpha value is -2.12. The van der Waals surface area contributed by atoms with Crippen molar-refractivity contribution >= 4 is 16.9 Å². The molecule has 25 heavy (non-hydrogen) atoms. The van der Waals surface area contributed by atoms with Crippen LogP contribution in [0.4, 0.5) is 0 Å². The number of imidazole rings is 1. The van der Waals surface area contributed by atoms with Crippen molar-refractivity contribution in [2.24, 2.45) is 0 Å². The third kappa shape index (κ3) is 3.77. The summed E-state index contributed by atoms with van der Waals surface area (Å²) in [6.07, 6.45) is 0. The van der Waals surface area contributed by atoms with Crippen LogP contribution in [-0.2, 0) is 22.6 Å². The molecule has 1 aliphatic rings. The van der Waals surface area contributed by atoms with Crippen LogP contribution in [0, 0.1) is 0 Å². The van der Waals surface area contributed by atoms with Gasteiger partial charge in [-0.05, 0) is 26.0 Å². The number of hydrogen-bond acceptors (Lipinski definition) is 4. The van der Waals surface area contributed by atoms with E-state index in [1.165, 1.54) is 0 Å². The van der Waals surface area contributed by atoms with Crippen LogP contribution in [0.3, 0.4) is 0 Å². The number of nitrogens with zero attached hydrogens (tertiary/aromatic N) is 3. The molecular weight excluding hydrogens is 320 g/mol. The monoisotopic (exact) mass is 346 g/mol. The molecule has 0 radical (unpaired) electrons. The van der Waals surface area contributed by atoms with Gasteiger partial charge in [0, 0.05) is 32.2 Å². The lowest BCUT2D eigenvalue weighted by Crippen LogP contribution is -2.47. The number of para-hydroxylation sites is 2. The van der Waals surface area contributed by atoms with Crippen molar-refractivity contribution < 1.29 is 9.53 Å². The SMILES string of the molecule is CCn1c(=O)n(CC(=O)NCC(C)N2CCOCC2)c2ccccc21. The van der Waals surface area contributed by atoms with Crippen LogP contribution in [0.25, 0.3) is 11.0 Å². The van der Waals surface area contributed by atoms with Crippen LogP contribution in [0.15, 0.2) is 29.1 Å². The largest absolute Gasteiger partial charge is 0.379 e. The summed E-state index contributed by atoms with van der Waals surface area (Å²) in [7, 11) is 0. The maximum Gasteiger partial charge on any atom is 0.329 e. The lowest BCUT2D eigenvalue weighted by molar-refractivity contribution is -0.122. The number of rotatable bonds is 6. The summed E-state index contributed by atoms with van der Waals surface area (Å²) in [6.45, 7) is 8.49. The molecule has 7 heteroatoms. The zero-order valence-electron chi connectivity index (χ0n) is 14.9. The van der Waals surface area contributed by atoms with Gasteiger partial charge < -0.3 is 10.1 Å². The molecule has 1 unspecified atom stereocenters. The van der Waals surface area contributed by atoms with E-state index in [4.69, 9.17) is 4.74 Å². The van der Waals surface area contributed by atoms with Gasteiger partial charge in [0.25, 0.3) is 0 Å². The minimum atomic E-state index is -0.139. The Bertz CT molecular complexity index is 789. The fourth-order valence-electron chi connectivity index (χ4n) is 3.34. The molecule has 1 N–H and O–H groups in total. The van der Waals surface area contributed by atoms with Crippen molar-refractivity contribution in [1.82, 2.24) is 19.4 Å². The van der Waals surface area contributed by atoms with Crippen LogP contribution in [0.5, 0.6) is 0 Å². The summed E-state index contributed by atoms with van der Waals surface area (Å²) in [6, 6.07) is 7.84. The minimum absolute atomic E-state index is 0.0438. The number of fused-ring (bicyclic) bond motifs is 1. The van der Waals surface area contributed by atoms with Gasteiger partial charge in [-0.15, -0.1) is 0 Å². The van der Waals surface area contributed by atoms with Crippen molar-refractivity contribution in [1.29, 1.82) is 0 Å². The first-order valence-electron chi connectivity index (χ1n) is 8.88. The Labute approximate surface area is 147 Å². The molecule has 2 aromatic rings. The molecule has 1 atom stereocenters. The summed E-state index contributed by atoms with van der Waals surface area (Å²) in [5.41, 5.74) is 1.52. The predicted molar refractivity (Wildman–Crippen MR) is 96.7 cm³/mol. The zero-order valence-corrected chi connectivity index (χ0v) is 14.9. The number of nitrogens with one attached hydrogen (secondary N) is 1. The number of morpholine rings is 1. The van der Waals surface area contributed by atoms with E-state index in [-0.39, 0.29) is 24.2 Å². The number of hydrogen-bond donors (Lipinski definition) is 1. The highest BCUT2D eigenvalue weighted by Crippen LogP contribution is 2.12. The van der Waals surface area contributed by atoms with Gasteiger partial charge in [0.1, 0.15) is 6.54 Å². The molecular formula is C18H26N4O3. The number of benzene rings is 1. The molecule has 1 aromatic heterocycles. The Kier molecular flexibility index (Phi) is 5.55. The standard InChI is InChI=1S/C18H26N4O3/c1-3-21-15-6-4-5-7-16(15)22(18(21)24)13-17(23)19-12-14(2)20-8-10-25-11-9-20/h4-7,14H,3,8-13H2,1-2H3,(H,19,23). The van der Waals surface area contributed by atoms with Crippen LogP contribution in [0.2, 0.25) is 0 Å². The Balaban J connectivity index is 1.66. The van der Waals surface area contributed by atoms with Crippen molar-refractivity contribution in [3.63, 3.8) is 0 Å². The number of aromatic nitrogens is 2. The van der Waals surface area contributed by atoms with Crippen LogP contribution < -0.4 is 11.0 Å². The van der Waals surface area contributed by atoms with Crippen LogP contribution in [0.1, 0.15) is 13.8 Å². The fourth-order valence-corrected chi connectivity index (χ4v) is 3.34. The second-order valence-electron chi connectivity index (χ2n) is 6.40. The fraction of sp³-hybridized carbons (Fsp3) is 0.556. The first-order valence-corrected chi connectivity index (χ1v) is 8.88. The number of ether oxygens (including phenoxy) is 1. The van der Waals surface area contributed by atoms with E-state index in [0.29, 0.717) is 13.1 Å². The number of aryl methyl sites for hydroxylation is 1. The van der Waals surface area contributed by atoms with E-state index in [9.17, 15) is 9.59 Å². The third-order valence-electron chi connectivity index (χ3n) is 4.81. The summed E-state index contributed by atoms with van der Waals surface area (Å²) >= 11 is 0. The number of carbonyl (C=O) groups is 1. The van der Waals surface area contributed by atoms with Gasteiger partial charge in [-0.3, -0.25) is 18.8 Å². The predicted octanol–water partition coefficient (Wildman–Crippen LogP) is 0.660. The van der Waals surface area contributed by atoms with Gasteiger partial charge in [0.15, 0.2) is 0 Å². The van der Waals surface area contributed by atoms with Gasteiger partial charge in [-0.1, -0.05) is 12.1 Å². The normalized spacial score (nSPS) is 16.9. The topological polar surface area (TPSA) is 68.5 Å². The Morgan fingerprint density at radius 3 is 2.48 bits per heavy atom. The smallest absolute Gasteiger partial charge is 0.329 e. The first-order chi connectivity index (χ1) is 12.1. The van der Waals surface area contributed by atoms with E-state index in [0.717, 1.165) is 37.3 Å². The van der Waals surface area contributed by atoms with Crippen LogP contribution in [-0.4, -0.2) is 58.8 Å². The van der Waals surface area contributed by atoms with E-state index in [2.05, 4.69) is 17.1 Å². The van der Waals surface area contributed by atoms with Crippen molar-refractivity contribution in [3.05, 3.63) is 34.7 Å². The number of amides is 1. The van der Waals surface area contributed by atoms with Gasteiger partial charge >= 0.3 is 5.69 Å². The lowest BCUT2D eigenvalue weighted by Gasteiger charge is -2.32. The lowest BCUT2D eigenvalue weighted by atomic mass is 10.2. The van der Waals surface area contributed by atoms with Gasteiger partial charge in [0.2, 0.25) is 5.91 Å². The van der Waals surface area contributed by atoms with Gasteiger partial charge in [-0.25, -0.2) is 4.79 Å². The van der Waals surface area contributed by atoms with Crippen LogP contribution >= 0.6 is 0 Å². The molecule has 1 amide bonds. The second-order valence-corrected chi connectivity index (χ2v) is 6.40. The summed E-state index contributed by atoms with van der Waals surface area (Å²) in [4.78, 5) is 27.2. The molecule has 0 aliphatic carbocycles. The number of carbonyl (C=O) groups excluding carboxylic acids is 1. The third-order valence-corrected chi connectivity index (χ3v) is 4.81. The molecule has 1 fully saturated rings. The highest BCUT2D eigenvalue weighted by Gasteiger charge is 2.18. The van der Waals surface area contributed by atoms with E-state index in [1.54, 1.807) is 9.13 Å². The molecule has 1 saturated heterocycles. The summed E-state index contributed by atoms with van der Waals surface area (Å²) in [5, 5.41) is 2.96. The molecule has 0 saturated carbocycles. The molecule has 0 bridgehead atoms. The maximum absolute atomic E-state index is 12.6. The maximum atomic E-state index is 12.6. The average Bonchev–Trinajstić information content (AvgIpc) is 2.91. The van der Waals surface area contributed by atoms with Gasteiger partial charge in [0.05, 0.1) is 24.2 Å².